The standard InChI is InChI=1S/C18H23N3O/c22-18(19-12-10-15-6-2-1-3-7-15)11-13-21-14-20-16-8-4-5-9-17(16)21/h4-6,8-9,14H,1-3,7,10-13H2,(H,19,22). The number of nitrogens with one attached hydrogen (secondary N) is 1. The second-order valence-electron chi connectivity index (χ2n) is 5.88. The van der Waals surface area contributed by atoms with Crippen molar-refractivity contribution in [3.63, 3.8) is 0 Å². The summed E-state index contributed by atoms with van der Waals surface area (Å²) in [6.07, 6.45) is 10.7. The van der Waals surface area contributed by atoms with Gasteiger partial charge >= 0.3 is 0 Å². The first kappa shape index (κ1) is 14.8. The molecule has 4 nitrogen and oxygen atoms in total. The number of para-hydroxylation sites is 2. The lowest BCUT2D eigenvalue weighted by Gasteiger charge is -2.13. The molecule has 0 unspecified atom stereocenters. The fourth-order valence-electron chi connectivity index (χ4n) is 2.99. The van der Waals surface area contributed by atoms with Crippen molar-refractivity contribution in [3.8, 4) is 0 Å². The predicted octanol–water partition coefficient (Wildman–Crippen LogP) is 3.43. The molecule has 1 aromatic carbocycles. The van der Waals surface area contributed by atoms with Crippen LogP contribution in [0.25, 0.3) is 11.0 Å². The third-order valence-electron chi connectivity index (χ3n) is 4.26. The van der Waals surface area contributed by atoms with Crippen LogP contribution in [0, 0.1) is 0 Å². The number of nitrogens with zero attached hydrogens (tertiary/aromatic N) is 2. The van der Waals surface area contributed by atoms with E-state index in [2.05, 4.69) is 16.4 Å². The lowest BCUT2D eigenvalue weighted by Crippen LogP contribution is -2.25. The lowest BCUT2D eigenvalue weighted by molar-refractivity contribution is -0.121. The molecule has 0 atom stereocenters. The molecule has 0 saturated carbocycles. The number of carbonyl (C=O) groups excluding carboxylic acids is 1. The first-order valence-corrected chi connectivity index (χ1v) is 8.17. The number of imidazole rings is 1. The number of amides is 1. The Balaban J connectivity index is 1.43. The number of allylic oxidation sites excluding steroid dienone is 1. The van der Waals surface area contributed by atoms with Crippen molar-refractivity contribution in [2.45, 2.75) is 45.1 Å². The summed E-state index contributed by atoms with van der Waals surface area (Å²) in [6.45, 7) is 1.43. The fourth-order valence-corrected chi connectivity index (χ4v) is 2.99. The van der Waals surface area contributed by atoms with Gasteiger partial charge in [0.2, 0.25) is 5.91 Å². The number of aryl methyl sites for hydroxylation is 1. The van der Waals surface area contributed by atoms with E-state index in [1.807, 2.05) is 35.2 Å². The second-order valence-corrected chi connectivity index (χ2v) is 5.88. The summed E-state index contributed by atoms with van der Waals surface area (Å²) in [5, 5.41) is 3.03. The molecular formula is C18H23N3O. The summed E-state index contributed by atoms with van der Waals surface area (Å²) < 4.78 is 2.04. The maximum Gasteiger partial charge on any atom is 0.221 e. The molecule has 1 aliphatic rings. The molecule has 0 radical (unpaired) electrons. The van der Waals surface area contributed by atoms with Crippen molar-refractivity contribution in [2.75, 3.05) is 6.54 Å². The van der Waals surface area contributed by atoms with E-state index in [1.54, 1.807) is 0 Å². The van der Waals surface area contributed by atoms with Gasteiger partial charge in [-0.05, 0) is 44.2 Å². The Morgan fingerprint density at radius 1 is 1.27 bits per heavy atom. The average Bonchev–Trinajstić information content (AvgIpc) is 2.97. The quantitative estimate of drug-likeness (QED) is 0.830. The molecule has 1 heterocycles. The van der Waals surface area contributed by atoms with Crippen LogP contribution in [0.5, 0.6) is 0 Å². The molecule has 1 amide bonds. The van der Waals surface area contributed by atoms with E-state index in [-0.39, 0.29) is 5.91 Å². The molecular weight excluding hydrogens is 274 g/mol. The monoisotopic (exact) mass is 297 g/mol. The van der Waals surface area contributed by atoms with E-state index in [9.17, 15) is 4.79 Å². The van der Waals surface area contributed by atoms with Gasteiger partial charge in [0.1, 0.15) is 0 Å². The number of fused-ring (bicyclic) bond motifs is 1. The van der Waals surface area contributed by atoms with Gasteiger partial charge in [-0.25, -0.2) is 4.98 Å². The van der Waals surface area contributed by atoms with Gasteiger partial charge in [-0.2, -0.15) is 0 Å². The maximum absolute atomic E-state index is 12.0. The van der Waals surface area contributed by atoms with E-state index >= 15 is 0 Å². The molecule has 116 valence electrons. The minimum Gasteiger partial charge on any atom is -0.356 e. The zero-order chi connectivity index (χ0) is 15.2. The Labute approximate surface area is 131 Å². The number of rotatable bonds is 6. The van der Waals surface area contributed by atoms with Gasteiger partial charge in [0.25, 0.3) is 0 Å². The molecule has 2 aromatic rings. The number of hydrogen-bond donors (Lipinski definition) is 1. The highest BCUT2D eigenvalue weighted by molar-refractivity contribution is 5.77. The van der Waals surface area contributed by atoms with Crippen LogP contribution >= 0.6 is 0 Å². The Kier molecular flexibility index (Phi) is 4.88. The molecule has 3 rings (SSSR count). The average molecular weight is 297 g/mol. The van der Waals surface area contributed by atoms with Crippen LogP contribution in [-0.4, -0.2) is 22.0 Å². The molecule has 0 aliphatic heterocycles. The minimum absolute atomic E-state index is 0.120. The highest BCUT2D eigenvalue weighted by Gasteiger charge is 2.07. The minimum atomic E-state index is 0.120. The molecule has 1 aromatic heterocycles. The van der Waals surface area contributed by atoms with Gasteiger partial charge < -0.3 is 9.88 Å². The van der Waals surface area contributed by atoms with Gasteiger partial charge in [0.15, 0.2) is 0 Å². The summed E-state index contributed by atoms with van der Waals surface area (Å²) >= 11 is 0. The summed E-state index contributed by atoms with van der Waals surface area (Å²) in [7, 11) is 0. The number of benzene rings is 1. The number of carbonyl (C=O) groups is 1. The Hall–Kier alpha value is -2.10. The number of hydrogen-bond acceptors (Lipinski definition) is 2. The van der Waals surface area contributed by atoms with Crippen molar-refractivity contribution >= 4 is 16.9 Å². The highest BCUT2D eigenvalue weighted by atomic mass is 16.1. The van der Waals surface area contributed by atoms with E-state index in [4.69, 9.17) is 0 Å². The van der Waals surface area contributed by atoms with Crippen LogP contribution in [0.2, 0.25) is 0 Å². The zero-order valence-corrected chi connectivity index (χ0v) is 12.9. The topological polar surface area (TPSA) is 46.9 Å². The van der Waals surface area contributed by atoms with Crippen LogP contribution in [0.4, 0.5) is 0 Å². The number of aromatic nitrogens is 2. The summed E-state index contributed by atoms with van der Waals surface area (Å²) in [6, 6.07) is 8.00. The third kappa shape index (κ3) is 3.75. The van der Waals surface area contributed by atoms with Crippen LogP contribution < -0.4 is 5.32 Å². The molecule has 1 N–H and O–H groups in total. The fraction of sp³-hybridized carbons (Fsp3) is 0.444. The molecule has 22 heavy (non-hydrogen) atoms. The third-order valence-corrected chi connectivity index (χ3v) is 4.26. The predicted molar refractivity (Wildman–Crippen MR) is 88.5 cm³/mol. The van der Waals surface area contributed by atoms with E-state index < -0.39 is 0 Å². The molecule has 0 saturated heterocycles. The van der Waals surface area contributed by atoms with Crippen LogP contribution in [0.3, 0.4) is 0 Å². The SMILES string of the molecule is O=C(CCn1cnc2ccccc21)NCCC1=CCCCC1. The Bertz CT molecular complexity index is 672. The van der Waals surface area contributed by atoms with Crippen molar-refractivity contribution in [2.24, 2.45) is 0 Å². The van der Waals surface area contributed by atoms with E-state index in [0.29, 0.717) is 13.0 Å². The summed E-state index contributed by atoms with van der Waals surface area (Å²) in [5.74, 6) is 0.120. The lowest BCUT2D eigenvalue weighted by atomic mass is 9.97. The smallest absolute Gasteiger partial charge is 0.221 e. The van der Waals surface area contributed by atoms with Crippen LogP contribution in [0.15, 0.2) is 42.2 Å². The van der Waals surface area contributed by atoms with E-state index in [1.165, 1.54) is 31.3 Å². The summed E-state index contributed by atoms with van der Waals surface area (Å²) in [4.78, 5) is 16.3. The Morgan fingerprint density at radius 3 is 3.05 bits per heavy atom. The zero-order valence-electron chi connectivity index (χ0n) is 12.9. The molecule has 4 heteroatoms. The molecule has 0 spiro atoms. The maximum atomic E-state index is 12.0. The summed E-state index contributed by atoms with van der Waals surface area (Å²) in [5.41, 5.74) is 3.57. The van der Waals surface area contributed by atoms with Gasteiger partial charge in [-0.15, -0.1) is 0 Å². The molecule has 0 fully saturated rings. The van der Waals surface area contributed by atoms with Crippen molar-refractivity contribution in [1.29, 1.82) is 0 Å². The first-order chi connectivity index (χ1) is 10.8. The van der Waals surface area contributed by atoms with Crippen LogP contribution in [-0.2, 0) is 11.3 Å². The van der Waals surface area contributed by atoms with Gasteiger partial charge in [-0.1, -0.05) is 23.8 Å². The van der Waals surface area contributed by atoms with Gasteiger partial charge in [0, 0.05) is 19.5 Å². The molecule has 1 aliphatic carbocycles. The van der Waals surface area contributed by atoms with Crippen molar-refractivity contribution in [1.82, 2.24) is 14.9 Å². The van der Waals surface area contributed by atoms with Crippen molar-refractivity contribution in [3.05, 3.63) is 42.2 Å². The Morgan fingerprint density at radius 2 is 2.18 bits per heavy atom. The second kappa shape index (κ2) is 7.25. The normalized spacial score (nSPS) is 14.8. The first-order valence-electron chi connectivity index (χ1n) is 8.17. The van der Waals surface area contributed by atoms with Crippen molar-refractivity contribution < 1.29 is 4.79 Å². The van der Waals surface area contributed by atoms with E-state index in [0.717, 1.165) is 24.0 Å². The highest BCUT2D eigenvalue weighted by Crippen LogP contribution is 2.19. The van der Waals surface area contributed by atoms with Crippen LogP contribution in [0.1, 0.15) is 38.5 Å². The molecule has 0 bridgehead atoms. The van der Waals surface area contributed by atoms with Gasteiger partial charge in [-0.3, -0.25) is 4.79 Å². The van der Waals surface area contributed by atoms with Gasteiger partial charge in [0.05, 0.1) is 17.4 Å². The largest absolute Gasteiger partial charge is 0.356 e.